The average Bonchev–Trinajstić information content (AvgIpc) is 3.00. The Morgan fingerprint density at radius 3 is 2.42 bits per heavy atom. The van der Waals surface area contributed by atoms with E-state index < -0.39 is 0 Å². The van der Waals surface area contributed by atoms with Crippen LogP contribution in [0.4, 0.5) is 0 Å². The summed E-state index contributed by atoms with van der Waals surface area (Å²) in [6.07, 6.45) is 4.94. The molecule has 0 aliphatic carbocycles. The molecule has 1 aromatic heterocycles. The van der Waals surface area contributed by atoms with Crippen LogP contribution in [0.25, 0.3) is 0 Å². The number of primary amides is 1. The molecule has 1 aliphatic heterocycles. The number of piperidine rings is 1. The van der Waals surface area contributed by atoms with E-state index in [1.165, 1.54) is 0 Å². The van der Waals surface area contributed by atoms with Gasteiger partial charge in [-0.25, -0.2) is 0 Å². The predicted molar refractivity (Wildman–Crippen MR) is 93.3 cm³/mol. The molecule has 2 aromatic rings. The Hall–Kier alpha value is -2.15. The Kier molecular flexibility index (Phi) is 4.99. The minimum absolute atomic E-state index is 0.00584. The highest BCUT2D eigenvalue weighted by atomic mass is 79.9. The molecule has 2 amide bonds. The Bertz CT molecular complexity index is 733. The number of likely N-dealkylation sites (tertiary alicyclic amines) is 1. The van der Waals surface area contributed by atoms with E-state index in [4.69, 9.17) is 5.73 Å². The lowest BCUT2D eigenvalue weighted by Gasteiger charge is -2.30. The summed E-state index contributed by atoms with van der Waals surface area (Å²) in [5.74, 6) is -0.368. The van der Waals surface area contributed by atoms with Crippen LogP contribution < -0.4 is 5.73 Å². The molecule has 1 aliphatic rings. The van der Waals surface area contributed by atoms with Crippen molar-refractivity contribution in [3.63, 3.8) is 0 Å². The summed E-state index contributed by atoms with van der Waals surface area (Å²) in [5, 5.41) is 4.22. The molecule has 1 fully saturated rings. The van der Waals surface area contributed by atoms with Gasteiger partial charge >= 0.3 is 0 Å². The SMILES string of the molecule is NC(=O)C1CCN(C(=O)c2ccc(Cn3cc(Br)cn3)cc2)CC1. The van der Waals surface area contributed by atoms with Crippen LogP contribution in [-0.4, -0.2) is 39.6 Å². The molecule has 126 valence electrons. The number of benzene rings is 1. The highest BCUT2D eigenvalue weighted by molar-refractivity contribution is 9.10. The monoisotopic (exact) mass is 390 g/mol. The fourth-order valence-corrected chi connectivity index (χ4v) is 3.24. The van der Waals surface area contributed by atoms with Gasteiger partial charge in [-0.05, 0) is 46.5 Å². The number of aromatic nitrogens is 2. The number of halogens is 1. The number of hydrogen-bond acceptors (Lipinski definition) is 3. The van der Waals surface area contributed by atoms with E-state index in [1.807, 2.05) is 35.1 Å². The molecule has 1 aromatic carbocycles. The van der Waals surface area contributed by atoms with E-state index in [0.717, 1.165) is 10.0 Å². The maximum atomic E-state index is 12.5. The number of amides is 2. The van der Waals surface area contributed by atoms with Gasteiger partial charge in [-0.3, -0.25) is 14.3 Å². The van der Waals surface area contributed by atoms with Crippen molar-refractivity contribution >= 4 is 27.7 Å². The van der Waals surface area contributed by atoms with Crippen molar-refractivity contribution in [2.45, 2.75) is 19.4 Å². The number of hydrogen-bond donors (Lipinski definition) is 1. The predicted octanol–water partition coefficient (Wildman–Crippen LogP) is 2.03. The zero-order valence-electron chi connectivity index (χ0n) is 13.2. The first-order chi connectivity index (χ1) is 11.5. The fourth-order valence-electron chi connectivity index (χ4n) is 2.91. The Balaban J connectivity index is 1.61. The summed E-state index contributed by atoms with van der Waals surface area (Å²) in [6.45, 7) is 1.81. The van der Waals surface area contributed by atoms with Gasteiger partial charge in [-0.1, -0.05) is 12.1 Å². The molecule has 6 nitrogen and oxygen atoms in total. The second-order valence-electron chi connectivity index (χ2n) is 6.02. The lowest BCUT2D eigenvalue weighted by molar-refractivity contribution is -0.123. The van der Waals surface area contributed by atoms with Gasteiger partial charge in [0.25, 0.3) is 5.91 Å². The van der Waals surface area contributed by atoms with Crippen molar-refractivity contribution in [3.05, 3.63) is 52.3 Å². The first-order valence-electron chi connectivity index (χ1n) is 7.88. The molecular formula is C17H19BrN4O2. The molecule has 0 saturated carbocycles. The van der Waals surface area contributed by atoms with Crippen LogP contribution in [0.1, 0.15) is 28.8 Å². The highest BCUT2D eigenvalue weighted by Gasteiger charge is 2.26. The molecule has 1 saturated heterocycles. The zero-order chi connectivity index (χ0) is 17.1. The van der Waals surface area contributed by atoms with Gasteiger partial charge in [0, 0.05) is 30.8 Å². The molecule has 0 radical (unpaired) electrons. The Labute approximate surface area is 148 Å². The minimum atomic E-state index is -0.267. The van der Waals surface area contributed by atoms with Crippen LogP contribution in [0, 0.1) is 5.92 Å². The Morgan fingerprint density at radius 2 is 1.88 bits per heavy atom. The van der Waals surface area contributed by atoms with Crippen LogP contribution in [0.5, 0.6) is 0 Å². The minimum Gasteiger partial charge on any atom is -0.369 e. The van der Waals surface area contributed by atoms with Gasteiger partial charge in [0.15, 0.2) is 0 Å². The topological polar surface area (TPSA) is 81.2 Å². The van der Waals surface area contributed by atoms with Gasteiger partial charge in [-0.15, -0.1) is 0 Å². The van der Waals surface area contributed by atoms with E-state index in [2.05, 4.69) is 21.0 Å². The maximum absolute atomic E-state index is 12.5. The van der Waals surface area contributed by atoms with Crippen molar-refractivity contribution in [2.24, 2.45) is 11.7 Å². The zero-order valence-corrected chi connectivity index (χ0v) is 14.8. The number of carbonyl (C=O) groups excluding carboxylic acids is 2. The molecular weight excluding hydrogens is 372 g/mol. The molecule has 0 spiro atoms. The van der Waals surface area contributed by atoms with Crippen LogP contribution in [0.3, 0.4) is 0 Å². The van der Waals surface area contributed by atoms with E-state index in [-0.39, 0.29) is 17.7 Å². The van der Waals surface area contributed by atoms with Crippen molar-refractivity contribution in [3.8, 4) is 0 Å². The Morgan fingerprint density at radius 1 is 1.21 bits per heavy atom. The van der Waals surface area contributed by atoms with Crippen molar-refractivity contribution in [2.75, 3.05) is 13.1 Å². The summed E-state index contributed by atoms with van der Waals surface area (Å²) in [5.41, 5.74) is 7.07. The van der Waals surface area contributed by atoms with Crippen molar-refractivity contribution < 1.29 is 9.59 Å². The van der Waals surface area contributed by atoms with Crippen LogP contribution in [0.2, 0.25) is 0 Å². The molecule has 0 atom stereocenters. The van der Waals surface area contributed by atoms with E-state index in [1.54, 1.807) is 11.1 Å². The second kappa shape index (κ2) is 7.17. The third kappa shape index (κ3) is 3.84. The van der Waals surface area contributed by atoms with Crippen LogP contribution in [0.15, 0.2) is 41.1 Å². The molecule has 0 bridgehead atoms. The van der Waals surface area contributed by atoms with Gasteiger partial charge in [0.2, 0.25) is 5.91 Å². The lowest BCUT2D eigenvalue weighted by Crippen LogP contribution is -2.41. The standard InChI is InChI=1S/C17H19BrN4O2/c18-15-9-20-22(11-15)10-12-1-3-14(4-2-12)17(24)21-7-5-13(6-8-21)16(19)23/h1-4,9,11,13H,5-8,10H2,(H2,19,23). The first kappa shape index (κ1) is 16.7. The smallest absolute Gasteiger partial charge is 0.253 e. The third-order valence-corrected chi connectivity index (χ3v) is 4.74. The molecule has 2 N–H and O–H groups in total. The molecule has 0 unspecified atom stereocenters. The molecule has 2 heterocycles. The largest absolute Gasteiger partial charge is 0.369 e. The van der Waals surface area contributed by atoms with Crippen molar-refractivity contribution in [1.82, 2.24) is 14.7 Å². The third-order valence-electron chi connectivity index (χ3n) is 4.33. The summed E-state index contributed by atoms with van der Waals surface area (Å²) >= 11 is 3.37. The molecule has 7 heteroatoms. The summed E-state index contributed by atoms with van der Waals surface area (Å²) in [7, 11) is 0. The van der Waals surface area contributed by atoms with Gasteiger partial charge in [0.1, 0.15) is 0 Å². The number of carbonyl (C=O) groups is 2. The lowest BCUT2D eigenvalue weighted by atomic mass is 9.96. The number of nitrogens with zero attached hydrogens (tertiary/aromatic N) is 3. The van der Waals surface area contributed by atoms with Crippen molar-refractivity contribution in [1.29, 1.82) is 0 Å². The summed E-state index contributed by atoms with van der Waals surface area (Å²) in [4.78, 5) is 25.5. The van der Waals surface area contributed by atoms with Crippen LogP contribution in [-0.2, 0) is 11.3 Å². The molecule has 3 rings (SSSR count). The first-order valence-corrected chi connectivity index (χ1v) is 8.68. The normalized spacial score (nSPS) is 15.5. The van der Waals surface area contributed by atoms with Gasteiger partial charge in [0.05, 0.1) is 17.2 Å². The fraction of sp³-hybridized carbons (Fsp3) is 0.353. The van der Waals surface area contributed by atoms with Gasteiger partial charge in [-0.2, -0.15) is 5.10 Å². The van der Waals surface area contributed by atoms with E-state index in [9.17, 15) is 9.59 Å². The highest BCUT2D eigenvalue weighted by Crippen LogP contribution is 2.19. The maximum Gasteiger partial charge on any atom is 0.253 e. The number of nitrogens with two attached hydrogens (primary N) is 1. The second-order valence-corrected chi connectivity index (χ2v) is 6.94. The summed E-state index contributed by atoms with van der Waals surface area (Å²) in [6, 6.07) is 7.57. The summed E-state index contributed by atoms with van der Waals surface area (Å²) < 4.78 is 2.77. The quantitative estimate of drug-likeness (QED) is 0.866. The average molecular weight is 391 g/mol. The molecule has 24 heavy (non-hydrogen) atoms. The van der Waals surface area contributed by atoms with E-state index >= 15 is 0 Å². The van der Waals surface area contributed by atoms with Crippen LogP contribution >= 0.6 is 15.9 Å². The number of rotatable bonds is 4. The van der Waals surface area contributed by atoms with Gasteiger partial charge < -0.3 is 10.6 Å². The van der Waals surface area contributed by atoms with E-state index in [0.29, 0.717) is 38.0 Å².